The van der Waals surface area contributed by atoms with Gasteiger partial charge in [-0.15, -0.1) is 0 Å². The Kier molecular flexibility index (Phi) is 7.75. The second kappa shape index (κ2) is 10.3. The molecule has 0 aliphatic carbocycles. The SMILES string of the molecule is CCOc1ccc(C(=O)N(CCN(C)C)c2nc3c(C)cc(Cl)cc3s2)cc1OCC. The summed E-state index contributed by atoms with van der Waals surface area (Å²) in [5, 5.41) is 1.32. The minimum Gasteiger partial charge on any atom is -0.490 e. The second-order valence-corrected chi connectivity index (χ2v) is 8.80. The highest BCUT2D eigenvalue weighted by Gasteiger charge is 2.23. The predicted octanol–water partition coefficient (Wildman–Crippen LogP) is 5.26. The largest absolute Gasteiger partial charge is 0.490 e. The monoisotopic (exact) mass is 461 g/mol. The smallest absolute Gasteiger partial charge is 0.260 e. The van der Waals surface area contributed by atoms with E-state index in [2.05, 4.69) is 0 Å². The van der Waals surface area contributed by atoms with Crippen molar-refractivity contribution in [1.29, 1.82) is 0 Å². The standard InChI is InChI=1S/C23H28ClN3O3S/c1-6-29-18-9-8-16(13-19(18)30-7-2)22(28)27(11-10-26(4)5)23-25-21-15(3)12-17(24)14-20(21)31-23/h8-9,12-14H,6-7,10-11H2,1-5H3. The molecule has 0 atom stereocenters. The molecule has 0 N–H and O–H groups in total. The van der Waals surface area contributed by atoms with Crippen molar-refractivity contribution in [2.45, 2.75) is 20.8 Å². The number of anilines is 1. The zero-order chi connectivity index (χ0) is 22.5. The van der Waals surface area contributed by atoms with Crippen molar-refractivity contribution in [3.63, 3.8) is 0 Å². The van der Waals surface area contributed by atoms with Gasteiger partial charge in [-0.05, 0) is 70.8 Å². The molecule has 0 spiro atoms. The molecule has 6 nitrogen and oxygen atoms in total. The lowest BCUT2D eigenvalue weighted by Gasteiger charge is -2.22. The molecule has 0 fully saturated rings. The number of rotatable bonds is 9. The maximum Gasteiger partial charge on any atom is 0.260 e. The number of benzene rings is 2. The number of thiazole rings is 1. The molecule has 1 amide bonds. The van der Waals surface area contributed by atoms with Crippen LogP contribution in [0, 0.1) is 6.92 Å². The van der Waals surface area contributed by atoms with Gasteiger partial charge in [-0.2, -0.15) is 0 Å². The van der Waals surface area contributed by atoms with Gasteiger partial charge in [-0.3, -0.25) is 9.69 Å². The minimum absolute atomic E-state index is 0.131. The number of hydrogen-bond acceptors (Lipinski definition) is 6. The molecule has 3 rings (SSSR count). The Labute approximate surface area is 192 Å². The second-order valence-electron chi connectivity index (χ2n) is 7.35. The fraction of sp³-hybridized carbons (Fsp3) is 0.391. The maximum absolute atomic E-state index is 13.6. The number of fused-ring (bicyclic) bond motifs is 1. The zero-order valence-electron chi connectivity index (χ0n) is 18.6. The zero-order valence-corrected chi connectivity index (χ0v) is 20.1. The first-order chi connectivity index (χ1) is 14.8. The van der Waals surface area contributed by atoms with Crippen LogP contribution in [-0.2, 0) is 0 Å². The highest BCUT2D eigenvalue weighted by Crippen LogP contribution is 2.34. The molecule has 0 saturated heterocycles. The number of aromatic nitrogens is 1. The summed E-state index contributed by atoms with van der Waals surface area (Å²) in [6.45, 7) is 8.02. The molecule has 0 aliphatic rings. The van der Waals surface area contributed by atoms with Gasteiger partial charge < -0.3 is 14.4 Å². The normalized spacial score (nSPS) is 11.2. The summed E-state index contributed by atoms with van der Waals surface area (Å²) in [5.41, 5.74) is 2.39. The van der Waals surface area contributed by atoms with E-state index in [1.54, 1.807) is 23.1 Å². The van der Waals surface area contributed by atoms with Crippen molar-refractivity contribution in [1.82, 2.24) is 9.88 Å². The Hall–Kier alpha value is -2.35. The Morgan fingerprint density at radius 2 is 1.77 bits per heavy atom. The lowest BCUT2D eigenvalue weighted by atomic mass is 10.1. The summed E-state index contributed by atoms with van der Waals surface area (Å²) in [4.78, 5) is 22.1. The van der Waals surface area contributed by atoms with Crippen LogP contribution in [0.3, 0.4) is 0 Å². The van der Waals surface area contributed by atoms with Crippen LogP contribution >= 0.6 is 22.9 Å². The van der Waals surface area contributed by atoms with Crippen molar-refractivity contribution in [3.8, 4) is 11.5 Å². The van der Waals surface area contributed by atoms with Crippen LogP contribution in [0.5, 0.6) is 11.5 Å². The first kappa shape index (κ1) is 23.3. The number of likely N-dealkylation sites (N-methyl/N-ethyl adjacent to an activating group) is 1. The third-order valence-corrected chi connectivity index (χ3v) is 5.92. The number of nitrogens with zero attached hydrogens (tertiary/aromatic N) is 3. The number of hydrogen-bond donors (Lipinski definition) is 0. The van der Waals surface area contributed by atoms with Crippen LogP contribution in [0.15, 0.2) is 30.3 Å². The van der Waals surface area contributed by atoms with Gasteiger partial charge in [-0.1, -0.05) is 22.9 Å². The molecule has 0 saturated carbocycles. The third-order valence-electron chi connectivity index (χ3n) is 4.68. The van der Waals surface area contributed by atoms with Crippen molar-refractivity contribution < 1.29 is 14.3 Å². The summed E-state index contributed by atoms with van der Waals surface area (Å²) in [5.74, 6) is 1.06. The summed E-state index contributed by atoms with van der Waals surface area (Å²) < 4.78 is 12.3. The molecule has 3 aromatic rings. The maximum atomic E-state index is 13.6. The lowest BCUT2D eigenvalue weighted by molar-refractivity contribution is 0.0984. The average Bonchev–Trinajstić information content (AvgIpc) is 3.13. The van der Waals surface area contributed by atoms with Crippen LogP contribution in [0.25, 0.3) is 10.2 Å². The molecule has 0 aliphatic heterocycles. The summed E-state index contributed by atoms with van der Waals surface area (Å²) in [6, 6.07) is 9.08. The van der Waals surface area contributed by atoms with Crippen LogP contribution in [0.4, 0.5) is 5.13 Å². The van der Waals surface area contributed by atoms with E-state index in [-0.39, 0.29) is 5.91 Å². The molecule has 2 aromatic carbocycles. The number of ether oxygens (including phenoxy) is 2. The van der Waals surface area contributed by atoms with Gasteiger partial charge in [0.15, 0.2) is 16.6 Å². The van der Waals surface area contributed by atoms with Gasteiger partial charge in [-0.25, -0.2) is 4.98 Å². The predicted molar refractivity (Wildman–Crippen MR) is 128 cm³/mol. The van der Waals surface area contributed by atoms with E-state index in [9.17, 15) is 4.79 Å². The van der Waals surface area contributed by atoms with Crippen LogP contribution < -0.4 is 14.4 Å². The number of carbonyl (C=O) groups is 1. The average molecular weight is 462 g/mol. The van der Waals surface area contributed by atoms with Gasteiger partial charge >= 0.3 is 0 Å². The quantitative estimate of drug-likeness (QED) is 0.434. The molecule has 166 valence electrons. The highest BCUT2D eigenvalue weighted by molar-refractivity contribution is 7.22. The van der Waals surface area contributed by atoms with E-state index in [1.807, 2.05) is 51.9 Å². The van der Waals surface area contributed by atoms with E-state index in [1.165, 1.54) is 11.3 Å². The number of halogens is 1. The van der Waals surface area contributed by atoms with Crippen LogP contribution in [0.1, 0.15) is 29.8 Å². The third kappa shape index (κ3) is 5.47. The topological polar surface area (TPSA) is 54.9 Å². The van der Waals surface area contributed by atoms with Gasteiger partial charge in [0, 0.05) is 23.7 Å². The lowest BCUT2D eigenvalue weighted by Crippen LogP contribution is -2.36. The molecule has 31 heavy (non-hydrogen) atoms. The van der Waals surface area contributed by atoms with E-state index >= 15 is 0 Å². The summed E-state index contributed by atoms with van der Waals surface area (Å²) >= 11 is 7.70. The molecular formula is C23H28ClN3O3S. The van der Waals surface area contributed by atoms with Gasteiger partial charge in [0.2, 0.25) is 0 Å². The number of amides is 1. The molecule has 1 aromatic heterocycles. The summed E-state index contributed by atoms with van der Waals surface area (Å²) in [6.07, 6.45) is 0. The molecule has 0 unspecified atom stereocenters. The van der Waals surface area contributed by atoms with E-state index < -0.39 is 0 Å². The molecule has 0 bridgehead atoms. The fourth-order valence-corrected chi connectivity index (χ4v) is 4.63. The molecule has 0 radical (unpaired) electrons. The first-order valence-corrected chi connectivity index (χ1v) is 11.5. The van der Waals surface area contributed by atoms with Gasteiger partial charge in [0.25, 0.3) is 5.91 Å². The van der Waals surface area contributed by atoms with Crippen LogP contribution in [-0.4, -0.2) is 56.2 Å². The molecule has 1 heterocycles. The Morgan fingerprint density at radius 1 is 1.06 bits per heavy atom. The van der Waals surface area contributed by atoms with Crippen LogP contribution in [0.2, 0.25) is 5.02 Å². The fourth-order valence-electron chi connectivity index (χ4n) is 3.18. The van der Waals surface area contributed by atoms with Crippen molar-refractivity contribution in [2.75, 3.05) is 45.3 Å². The molecule has 8 heteroatoms. The van der Waals surface area contributed by atoms with Crippen molar-refractivity contribution >= 4 is 44.2 Å². The van der Waals surface area contributed by atoms with E-state index in [0.29, 0.717) is 53.5 Å². The van der Waals surface area contributed by atoms with Crippen molar-refractivity contribution in [2.24, 2.45) is 0 Å². The van der Waals surface area contributed by atoms with E-state index in [0.717, 1.165) is 15.8 Å². The first-order valence-electron chi connectivity index (χ1n) is 10.3. The van der Waals surface area contributed by atoms with Crippen molar-refractivity contribution in [3.05, 3.63) is 46.5 Å². The summed E-state index contributed by atoms with van der Waals surface area (Å²) in [7, 11) is 3.96. The van der Waals surface area contributed by atoms with Gasteiger partial charge in [0.05, 0.1) is 23.4 Å². The number of aryl methyl sites for hydroxylation is 1. The Morgan fingerprint density at radius 3 is 2.45 bits per heavy atom. The minimum atomic E-state index is -0.131. The Balaban J connectivity index is 2.01. The number of carbonyl (C=O) groups excluding carboxylic acids is 1. The van der Waals surface area contributed by atoms with E-state index in [4.69, 9.17) is 26.1 Å². The highest BCUT2D eigenvalue weighted by atomic mass is 35.5. The van der Waals surface area contributed by atoms with Gasteiger partial charge in [0.1, 0.15) is 0 Å². The molecular weight excluding hydrogens is 434 g/mol. The Bertz CT molecular complexity index is 1070.